The number of nitrogens with two attached hydrogens (primary N) is 1. The number of hydrogen-bond acceptors (Lipinski definition) is 3. The normalized spacial score (nSPS) is 10.3. The number of carbonyl (C=O) groups is 2. The topological polar surface area (TPSA) is 63.4 Å². The first kappa shape index (κ1) is 14.3. The maximum atomic E-state index is 12.3. The second-order valence-electron chi connectivity index (χ2n) is 4.65. The first-order valence-corrected chi connectivity index (χ1v) is 7.05. The van der Waals surface area contributed by atoms with Crippen molar-refractivity contribution in [1.29, 1.82) is 0 Å². The Kier molecular flexibility index (Phi) is 4.20. The van der Waals surface area contributed by atoms with Gasteiger partial charge in [-0.3, -0.25) is 9.59 Å². The van der Waals surface area contributed by atoms with Crippen LogP contribution in [0.25, 0.3) is 0 Å². The van der Waals surface area contributed by atoms with E-state index in [0.29, 0.717) is 17.0 Å². The van der Waals surface area contributed by atoms with Crippen LogP contribution in [-0.2, 0) is 6.54 Å². The van der Waals surface area contributed by atoms with Gasteiger partial charge in [0.05, 0.1) is 10.4 Å². The van der Waals surface area contributed by atoms with Crippen molar-refractivity contribution in [3.8, 4) is 0 Å². The zero-order valence-electron chi connectivity index (χ0n) is 11.4. The summed E-state index contributed by atoms with van der Waals surface area (Å²) in [6, 6.07) is 9.49. The van der Waals surface area contributed by atoms with Crippen LogP contribution in [0, 0.1) is 6.92 Å². The predicted octanol–water partition coefficient (Wildman–Crippen LogP) is 2.43. The molecule has 5 heteroatoms. The van der Waals surface area contributed by atoms with Gasteiger partial charge in [0.1, 0.15) is 0 Å². The Balaban J connectivity index is 2.12. The van der Waals surface area contributed by atoms with E-state index >= 15 is 0 Å². The van der Waals surface area contributed by atoms with Crippen LogP contribution in [0.3, 0.4) is 0 Å². The van der Waals surface area contributed by atoms with Gasteiger partial charge in [-0.1, -0.05) is 24.3 Å². The minimum absolute atomic E-state index is 0.106. The van der Waals surface area contributed by atoms with Crippen LogP contribution in [0.4, 0.5) is 0 Å². The minimum atomic E-state index is -0.512. The lowest BCUT2D eigenvalue weighted by Crippen LogP contribution is -2.25. The van der Waals surface area contributed by atoms with E-state index in [9.17, 15) is 9.59 Å². The van der Waals surface area contributed by atoms with Gasteiger partial charge in [-0.05, 0) is 24.1 Å². The van der Waals surface area contributed by atoms with Crippen molar-refractivity contribution >= 4 is 23.2 Å². The van der Waals surface area contributed by atoms with Gasteiger partial charge in [0.2, 0.25) is 5.91 Å². The monoisotopic (exact) mass is 288 g/mol. The molecule has 2 aromatic rings. The third-order valence-corrected chi connectivity index (χ3v) is 4.03. The summed E-state index contributed by atoms with van der Waals surface area (Å²) < 4.78 is 0. The second kappa shape index (κ2) is 5.88. The van der Waals surface area contributed by atoms with Crippen molar-refractivity contribution in [1.82, 2.24) is 4.90 Å². The summed E-state index contributed by atoms with van der Waals surface area (Å²) in [4.78, 5) is 25.5. The molecule has 0 radical (unpaired) electrons. The van der Waals surface area contributed by atoms with Crippen molar-refractivity contribution in [2.75, 3.05) is 7.05 Å². The minimum Gasteiger partial charge on any atom is -0.366 e. The molecule has 1 heterocycles. The van der Waals surface area contributed by atoms with Gasteiger partial charge in [-0.2, -0.15) is 0 Å². The molecular weight excluding hydrogens is 272 g/mol. The Morgan fingerprint density at radius 1 is 1.30 bits per heavy atom. The highest BCUT2D eigenvalue weighted by atomic mass is 32.1. The fourth-order valence-corrected chi connectivity index (χ4v) is 2.77. The fraction of sp³-hybridized carbons (Fsp3) is 0.200. The Labute approximate surface area is 121 Å². The summed E-state index contributed by atoms with van der Waals surface area (Å²) in [6.07, 6.45) is 0. The SMILES string of the molecule is Cc1ccccc1CN(C)C(=O)c1cc(C(N)=O)cs1. The number of hydrogen-bond donors (Lipinski definition) is 1. The Bertz CT molecular complexity index is 649. The molecule has 0 spiro atoms. The Morgan fingerprint density at radius 3 is 2.60 bits per heavy atom. The summed E-state index contributed by atoms with van der Waals surface area (Å²) in [6.45, 7) is 2.55. The van der Waals surface area contributed by atoms with Crippen molar-refractivity contribution in [2.24, 2.45) is 5.73 Å². The van der Waals surface area contributed by atoms with Crippen molar-refractivity contribution < 1.29 is 9.59 Å². The zero-order chi connectivity index (χ0) is 14.7. The van der Waals surface area contributed by atoms with Crippen LogP contribution in [0.2, 0.25) is 0 Å². The number of rotatable bonds is 4. The first-order chi connectivity index (χ1) is 9.49. The third-order valence-electron chi connectivity index (χ3n) is 3.11. The summed E-state index contributed by atoms with van der Waals surface area (Å²) in [5.41, 5.74) is 7.82. The van der Waals surface area contributed by atoms with E-state index < -0.39 is 5.91 Å². The van der Waals surface area contributed by atoms with Crippen LogP contribution < -0.4 is 5.73 Å². The van der Waals surface area contributed by atoms with Crippen LogP contribution in [0.15, 0.2) is 35.7 Å². The molecule has 0 aliphatic carbocycles. The van der Waals surface area contributed by atoms with E-state index in [1.54, 1.807) is 23.4 Å². The smallest absolute Gasteiger partial charge is 0.263 e. The zero-order valence-corrected chi connectivity index (χ0v) is 12.2. The molecule has 1 aromatic carbocycles. The van der Waals surface area contributed by atoms with Gasteiger partial charge < -0.3 is 10.6 Å². The van der Waals surface area contributed by atoms with Gasteiger partial charge in [-0.25, -0.2) is 0 Å². The highest BCUT2D eigenvalue weighted by Crippen LogP contribution is 2.18. The second-order valence-corrected chi connectivity index (χ2v) is 5.56. The fourth-order valence-electron chi connectivity index (χ4n) is 1.88. The number of benzene rings is 1. The summed E-state index contributed by atoms with van der Waals surface area (Å²) in [7, 11) is 1.75. The van der Waals surface area contributed by atoms with E-state index in [1.165, 1.54) is 11.3 Å². The summed E-state index contributed by atoms with van der Waals surface area (Å²) >= 11 is 1.24. The maximum absolute atomic E-state index is 12.3. The number of carbonyl (C=O) groups excluding carboxylic acids is 2. The first-order valence-electron chi connectivity index (χ1n) is 6.17. The molecule has 0 aliphatic heterocycles. The Hall–Kier alpha value is -2.14. The summed E-state index contributed by atoms with van der Waals surface area (Å²) in [5.74, 6) is -0.618. The molecule has 0 saturated heterocycles. The van der Waals surface area contributed by atoms with E-state index in [-0.39, 0.29) is 5.91 Å². The lowest BCUT2D eigenvalue weighted by Gasteiger charge is -2.17. The molecule has 20 heavy (non-hydrogen) atoms. The molecule has 0 unspecified atom stereocenters. The van der Waals surface area contributed by atoms with Gasteiger partial charge >= 0.3 is 0 Å². The largest absolute Gasteiger partial charge is 0.366 e. The quantitative estimate of drug-likeness (QED) is 0.939. The standard InChI is InChI=1S/C15H16N2O2S/c1-10-5-3-4-6-11(10)8-17(2)15(19)13-7-12(9-20-13)14(16)18/h3-7,9H,8H2,1-2H3,(H2,16,18). The van der Waals surface area contributed by atoms with Gasteiger partial charge in [0.25, 0.3) is 5.91 Å². The molecule has 4 nitrogen and oxygen atoms in total. The molecular formula is C15H16N2O2S. The lowest BCUT2D eigenvalue weighted by molar-refractivity contribution is 0.0789. The van der Waals surface area contributed by atoms with E-state index in [0.717, 1.165) is 11.1 Å². The molecule has 0 aliphatic rings. The lowest BCUT2D eigenvalue weighted by atomic mass is 10.1. The van der Waals surface area contributed by atoms with Crippen LogP contribution in [0.1, 0.15) is 31.2 Å². The highest BCUT2D eigenvalue weighted by Gasteiger charge is 2.16. The molecule has 0 atom stereocenters. The number of aryl methyl sites for hydroxylation is 1. The molecule has 1 aromatic heterocycles. The highest BCUT2D eigenvalue weighted by molar-refractivity contribution is 7.12. The average Bonchev–Trinajstić information content (AvgIpc) is 2.90. The van der Waals surface area contributed by atoms with Crippen molar-refractivity contribution in [3.63, 3.8) is 0 Å². The Morgan fingerprint density at radius 2 is 2.00 bits per heavy atom. The van der Waals surface area contributed by atoms with Crippen LogP contribution in [-0.4, -0.2) is 23.8 Å². The molecule has 2 rings (SSSR count). The van der Waals surface area contributed by atoms with Crippen molar-refractivity contribution in [2.45, 2.75) is 13.5 Å². The molecule has 2 N–H and O–H groups in total. The molecule has 0 bridgehead atoms. The molecule has 104 valence electrons. The van der Waals surface area contributed by atoms with E-state index in [2.05, 4.69) is 0 Å². The molecule has 0 fully saturated rings. The van der Waals surface area contributed by atoms with Crippen LogP contribution in [0.5, 0.6) is 0 Å². The van der Waals surface area contributed by atoms with Gasteiger partial charge in [0, 0.05) is 19.0 Å². The maximum Gasteiger partial charge on any atom is 0.263 e. The number of nitrogens with zero attached hydrogens (tertiary/aromatic N) is 1. The van der Waals surface area contributed by atoms with Gasteiger partial charge in [-0.15, -0.1) is 11.3 Å². The molecule has 2 amide bonds. The van der Waals surface area contributed by atoms with E-state index in [4.69, 9.17) is 5.73 Å². The number of thiophene rings is 1. The van der Waals surface area contributed by atoms with E-state index in [1.807, 2.05) is 31.2 Å². The van der Waals surface area contributed by atoms with Crippen molar-refractivity contribution in [3.05, 3.63) is 57.3 Å². The third kappa shape index (κ3) is 3.05. The van der Waals surface area contributed by atoms with Crippen LogP contribution >= 0.6 is 11.3 Å². The predicted molar refractivity (Wildman–Crippen MR) is 79.8 cm³/mol. The molecule has 0 saturated carbocycles. The van der Waals surface area contributed by atoms with Gasteiger partial charge in [0.15, 0.2) is 0 Å². The summed E-state index contributed by atoms with van der Waals surface area (Å²) in [5, 5.41) is 1.61. The average molecular weight is 288 g/mol. The number of primary amides is 1. The number of amides is 2.